The number of hydrogen-bond acceptors (Lipinski definition) is 8. The molecule has 174 valence electrons. The van der Waals surface area contributed by atoms with Crippen molar-refractivity contribution in [2.24, 2.45) is 0 Å². The first-order valence-corrected chi connectivity index (χ1v) is 10.3. The summed E-state index contributed by atoms with van der Waals surface area (Å²) in [6, 6.07) is 8.16. The molecule has 0 fully saturated rings. The Hall–Kier alpha value is -4.33. The highest BCUT2D eigenvalue weighted by molar-refractivity contribution is 7.13. The van der Waals surface area contributed by atoms with Crippen LogP contribution in [0.5, 0.6) is 5.88 Å². The van der Waals surface area contributed by atoms with Crippen molar-refractivity contribution in [1.82, 2.24) is 25.0 Å². The van der Waals surface area contributed by atoms with Crippen molar-refractivity contribution in [2.75, 3.05) is 17.7 Å². The number of aromatic nitrogens is 5. The molecule has 0 radical (unpaired) electrons. The number of ether oxygens (including phenoxy) is 1. The van der Waals surface area contributed by atoms with Crippen LogP contribution in [0, 0.1) is 0 Å². The quantitative estimate of drug-likeness (QED) is 0.424. The van der Waals surface area contributed by atoms with Crippen LogP contribution in [0.2, 0.25) is 0 Å². The largest absolute Gasteiger partial charge is 0.480 e. The first kappa shape index (κ1) is 22.8. The number of nitrogens with one attached hydrogen (secondary N) is 2. The van der Waals surface area contributed by atoms with Crippen molar-refractivity contribution in [3.8, 4) is 11.7 Å². The van der Waals surface area contributed by atoms with Gasteiger partial charge in [0.15, 0.2) is 16.6 Å². The summed E-state index contributed by atoms with van der Waals surface area (Å²) in [5, 5.41) is 18.1. The number of benzene rings is 1. The Morgan fingerprint density at radius 2 is 1.79 bits per heavy atom. The van der Waals surface area contributed by atoms with Gasteiger partial charge in [0.1, 0.15) is 0 Å². The maximum absolute atomic E-state index is 13.8. The fraction of sp³-hybridized carbons (Fsp3) is 0.100. The van der Waals surface area contributed by atoms with Crippen molar-refractivity contribution in [3.05, 3.63) is 71.0 Å². The molecule has 2 N–H and O–H groups in total. The predicted octanol–water partition coefficient (Wildman–Crippen LogP) is 3.65. The molecular weight excluding hydrogens is 475 g/mol. The molecule has 10 nitrogen and oxygen atoms in total. The van der Waals surface area contributed by atoms with Gasteiger partial charge in [-0.25, -0.2) is 9.67 Å². The van der Waals surface area contributed by atoms with E-state index in [4.69, 9.17) is 4.74 Å². The lowest BCUT2D eigenvalue weighted by Crippen LogP contribution is -2.21. The van der Waals surface area contributed by atoms with Crippen molar-refractivity contribution in [2.45, 2.75) is 6.18 Å². The summed E-state index contributed by atoms with van der Waals surface area (Å²) in [7, 11) is 1.33. The lowest BCUT2D eigenvalue weighted by atomic mass is 10.1. The SMILES string of the molecule is COc1ccc(-n2ncc(C(=O)Nc3ccc(C(=O)Nc4nccs4)cc3)c2C(F)(F)F)nn1. The van der Waals surface area contributed by atoms with E-state index in [0.717, 1.165) is 6.20 Å². The number of thiazole rings is 1. The summed E-state index contributed by atoms with van der Waals surface area (Å²) in [5.41, 5.74) is -1.57. The summed E-state index contributed by atoms with van der Waals surface area (Å²) >= 11 is 1.25. The molecule has 0 atom stereocenters. The van der Waals surface area contributed by atoms with Crippen LogP contribution in [0.25, 0.3) is 5.82 Å². The number of rotatable bonds is 6. The summed E-state index contributed by atoms with van der Waals surface area (Å²) in [6.07, 6.45) is -2.58. The van der Waals surface area contributed by atoms with Gasteiger partial charge in [0, 0.05) is 28.9 Å². The minimum Gasteiger partial charge on any atom is -0.480 e. The van der Waals surface area contributed by atoms with Crippen molar-refractivity contribution in [1.29, 1.82) is 0 Å². The van der Waals surface area contributed by atoms with Gasteiger partial charge in [-0.05, 0) is 30.3 Å². The van der Waals surface area contributed by atoms with Gasteiger partial charge in [0.05, 0.1) is 18.9 Å². The zero-order valence-corrected chi connectivity index (χ0v) is 18.0. The van der Waals surface area contributed by atoms with Gasteiger partial charge >= 0.3 is 6.18 Å². The second kappa shape index (κ2) is 9.27. The molecular formula is C20H14F3N7O3S. The van der Waals surface area contributed by atoms with E-state index in [1.807, 2.05) is 0 Å². The summed E-state index contributed by atoms with van der Waals surface area (Å²) in [6.45, 7) is 0. The van der Waals surface area contributed by atoms with Gasteiger partial charge in [0.25, 0.3) is 11.8 Å². The highest BCUT2D eigenvalue weighted by Gasteiger charge is 2.41. The molecule has 3 aromatic heterocycles. The van der Waals surface area contributed by atoms with Crippen molar-refractivity contribution in [3.63, 3.8) is 0 Å². The van der Waals surface area contributed by atoms with E-state index in [9.17, 15) is 22.8 Å². The van der Waals surface area contributed by atoms with Crippen LogP contribution in [0.15, 0.2) is 54.2 Å². The average Bonchev–Trinajstić information content (AvgIpc) is 3.49. The predicted molar refractivity (Wildman–Crippen MR) is 115 cm³/mol. The van der Waals surface area contributed by atoms with Crippen molar-refractivity contribution < 1.29 is 27.5 Å². The van der Waals surface area contributed by atoms with Gasteiger partial charge in [0.2, 0.25) is 5.88 Å². The molecule has 0 spiro atoms. The Bertz CT molecular complexity index is 1300. The third-order valence-corrected chi connectivity index (χ3v) is 5.08. The molecule has 1 aromatic carbocycles. The highest BCUT2D eigenvalue weighted by atomic mass is 32.1. The van der Waals surface area contributed by atoms with Crippen LogP contribution in [-0.4, -0.2) is 43.9 Å². The zero-order valence-electron chi connectivity index (χ0n) is 17.2. The zero-order chi connectivity index (χ0) is 24.3. The first-order chi connectivity index (χ1) is 16.3. The molecule has 0 bridgehead atoms. The Kier molecular flexibility index (Phi) is 6.23. The second-order valence-electron chi connectivity index (χ2n) is 6.57. The number of halogens is 3. The Labute approximate surface area is 193 Å². The minimum absolute atomic E-state index is 0.103. The second-order valence-corrected chi connectivity index (χ2v) is 7.47. The Morgan fingerprint density at radius 3 is 2.38 bits per heavy atom. The number of anilines is 2. The topological polar surface area (TPSA) is 124 Å². The summed E-state index contributed by atoms with van der Waals surface area (Å²) in [4.78, 5) is 28.8. The molecule has 3 heterocycles. The fourth-order valence-corrected chi connectivity index (χ4v) is 3.38. The molecule has 0 aliphatic carbocycles. The monoisotopic (exact) mass is 489 g/mol. The Balaban J connectivity index is 1.54. The van der Waals surface area contributed by atoms with Crippen LogP contribution < -0.4 is 15.4 Å². The smallest absolute Gasteiger partial charge is 0.434 e. The van der Waals surface area contributed by atoms with E-state index in [2.05, 4.69) is 30.9 Å². The van der Waals surface area contributed by atoms with Crippen LogP contribution >= 0.6 is 11.3 Å². The van der Waals surface area contributed by atoms with Crippen molar-refractivity contribution >= 4 is 34.0 Å². The number of nitrogens with zero attached hydrogens (tertiary/aromatic N) is 5. The normalized spacial score (nSPS) is 11.2. The molecule has 14 heteroatoms. The molecule has 4 aromatic rings. The fourth-order valence-electron chi connectivity index (χ4n) is 2.85. The van der Waals surface area contributed by atoms with Gasteiger partial charge < -0.3 is 10.1 Å². The summed E-state index contributed by atoms with van der Waals surface area (Å²) < 4.78 is 46.7. The van der Waals surface area contributed by atoms with E-state index < -0.39 is 29.2 Å². The molecule has 0 unspecified atom stereocenters. The molecule has 34 heavy (non-hydrogen) atoms. The van der Waals surface area contributed by atoms with E-state index in [1.54, 1.807) is 5.38 Å². The number of methoxy groups -OCH3 is 1. The van der Waals surface area contributed by atoms with Gasteiger partial charge in [-0.15, -0.1) is 21.5 Å². The Morgan fingerprint density at radius 1 is 1.03 bits per heavy atom. The third-order valence-electron chi connectivity index (χ3n) is 4.39. The average molecular weight is 489 g/mol. The van der Waals surface area contributed by atoms with Gasteiger partial charge in [-0.1, -0.05) is 0 Å². The maximum Gasteiger partial charge on any atom is 0.434 e. The van der Waals surface area contributed by atoms with E-state index in [1.165, 1.54) is 61.0 Å². The summed E-state index contributed by atoms with van der Waals surface area (Å²) in [5.74, 6) is -1.61. The molecule has 0 saturated carbocycles. The molecule has 0 saturated heterocycles. The maximum atomic E-state index is 13.8. The van der Waals surface area contributed by atoms with E-state index in [0.29, 0.717) is 9.81 Å². The van der Waals surface area contributed by atoms with Gasteiger partial charge in [-0.2, -0.15) is 18.3 Å². The van der Waals surface area contributed by atoms with Crippen LogP contribution in [0.1, 0.15) is 26.4 Å². The van der Waals surface area contributed by atoms with E-state index in [-0.39, 0.29) is 22.9 Å². The lowest BCUT2D eigenvalue weighted by Gasteiger charge is -2.12. The van der Waals surface area contributed by atoms with Crippen LogP contribution in [0.4, 0.5) is 24.0 Å². The molecule has 4 rings (SSSR count). The third kappa shape index (κ3) is 4.85. The molecule has 0 aliphatic rings. The number of hydrogen-bond donors (Lipinski definition) is 2. The van der Waals surface area contributed by atoms with Gasteiger partial charge in [-0.3, -0.25) is 14.9 Å². The van der Waals surface area contributed by atoms with Crippen LogP contribution in [0.3, 0.4) is 0 Å². The molecule has 2 amide bonds. The van der Waals surface area contributed by atoms with E-state index >= 15 is 0 Å². The number of amides is 2. The van der Waals surface area contributed by atoms with Crippen LogP contribution in [-0.2, 0) is 6.18 Å². The first-order valence-electron chi connectivity index (χ1n) is 9.42. The highest BCUT2D eigenvalue weighted by Crippen LogP contribution is 2.33. The molecule has 0 aliphatic heterocycles. The standard InChI is InChI=1S/C20H14F3N7O3S/c1-33-15-7-6-14(28-29-15)30-16(20(21,22)23)13(10-25-30)18(32)26-12-4-2-11(3-5-12)17(31)27-19-24-8-9-34-19/h2-10H,1H3,(H,26,32)(H,24,27,31). The lowest BCUT2D eigenvalue weighted by molar-refractivity contribution is -0.143. The number of alkyl halides is 3. The minimum atomic E-state index is -4.91. The number of carbonyl (C=O) groups excluding carboxylic acids is 2. The number of carbonyl (C=O) groups is 2.